The summed E-state index contributed by atoms with van der Waals surface area (Å²) >= 11 is 0. The highest BCUT2D eigenvalue weighted by molar-refractivity contribution is 5.60. The fraction of sp³-hybridized carbons (Fsp3) is 0.650. The van der Waals surface area contributed by atoms with Crippen molar-refractivity contribution in [2.75, 3.05) is 0 Å². The molecule has 1 aliphatic heterocycles. The summed E-state index contributed by atoms with van der Waals surface area (Å²) in [5.74, 6) is 0. The summed E-state index contributed by atoms with van der Waals surface area (Å²) in [5, 5.41) is 7.05. The van der Waals surface area contributed by atoms with Crippen LogP contribution in [0.5, 0.6) is 0 Å². The Morgan fingerprint density at radius 1 is 0.957 bits per heavy atom. The van der Waals surface area contributed by atoms with E-state index >= 15 is 0 Å². The Bertz CT molecular complexity index is 435. The van der Waals surface area contributed by atoms with E-state index in [0.717, 1.165) is 19.1 Å². The normalized spacial score (nSPS) is 24.0. The van der Waals surface area contributed by atoms with E-state index in [9.17, 15) is 4.79 Å². The van der Waals surface area contributed by atoms with Crippen molar-refractivity contribution < 1.29 is 4.79 Å². The molecule has 0 amide bonds. The molecule has 0 bridgehead atoms. The Balaban J connectivity index is 1.66. The van der Waals surface area contributed by atoms with Gasteiger partial charge in [-0.25, -0.2) is 0 Å². The number of unbranched alkanes of at least 4 members (excludes halogenated alkanes) is 6. The molecule has 2 N–H and O–H groups in total. The molecule has 3 atom stereocenters. The van der Waals surface area contributed by atoms with Crippen LogP contribution < -0.4 is 10.6 Å². The number of benzene rings is 1. The standard InChI is InChI=1S/C20H32N2O/c1-2-3-4-5-6-7-11-14-20-21-18(19(16-23)22-20)15-17-12-9-8-10-13-17/h8-10,12-13,16,18-22H,2-7,11,14-15H2,1H3/t18-,19?,20?/m0/s1. The number of hydrogen-bond acceptors (Lipinski definition) is 3. The van der Waals surface area contributed by atoms with Gasteiger partial charge in [0, 0.05) is 6.04 Å². The molecule has 0 spiro atoms. The fourth-order valence-corrected chi connectivity index (χ4v) is 3.42. The average Bonchev–Trinajstić information content (AvgIpc) is 2.97. The molecule has 2 rings (SSSR count). The van der Waals surface area contributed by atoms with E-state index in [1.807, 2.05) is 6.07 Å². The summed E-state index contributed by atoms with van der Waals surface area (Å²) in [6, 6.07) is 10.6. The van der Waals surface area contributed by atoms with Crippen LogP contribution in [-0.4, -0.2) is 24.5 Å². The van der Waals surface area contributed by atoms with Gasteiger partial charge < -0.3 is 4.79 Å². The van der Waals surface area contributed by atoms with Crippen molar-refractivity contribution in [2.45, 2.75) is 83.0 Å². The summed E-state index contributed by atoms with van der Waals surface area (Å²) in [7, 11) is 0. The molecule has 0 aliphatic carbocycles. The zero-order valence-corrected chi connectivity index (χ0v) is 14.5. The number of nitrogens with one attached hydrogen (secondary N) is 2. The molecule has 1 fully saturated rings. The molecule has 1 heterocycles. The van der Waals surface area contributed by atoms with Gasteiger partial charge in [-0.1, -0.05) is 82.2 Å². The van der Waals surface area contributed by atoms with Gasteiger partial charge in [0.1, 0.15) is 6.29 Å². The van der Waals surface area contributed by atoms with Crippen molar-refractivity contribution in [3.63, 3.8) is 0 Å². The highest BCUT2D eigenvalue weighted by Gasteiger charge is 2.32. The minimum absolute atomic E-state index is 0.0650. The Morgan fingerprint density at radius 3 is 2.35 bits per heavy atom. The minimum Gasteiger partial charge on any atom is -0.302 e. The lowest BCUT2D eigenvalue weighted by Crippen LogP contribution is -2.36. The van der Waals surface area contributed by atoms with Crippen LogP contribution in [0.2, 0.25) is 0 Å². The SMILES string of the molecule is CCCCCCCCCC1NC(C=O)[C@H](Cc2ccccc2)N1. The van der Waals surface area contributed by atoms with Crippen molar-refractivity contribution in [1.82, 2.24) is 10.6 Å². The van der Waals surface area contributed by atoms with Crippen LogP contribution in [-0.2, 0) is 11.2 Å². The van der Waals surface area contributed by atoms with Crippen LogP contribution in [0.25, 0.3) is 0 Å². The zero-order valence-electron chi connectivity index (χ0n) is 14.5. The Morgan fingerprint density at radius 2 is 1.65 bits per heavy atom. The summed E-state index contributed by atoms with van der Waals surface area (Å²) in [6.45, 7) is 2.26. The second-order valence-electron chi connectivity index (χ2n) is 6.75. The van der Waals surface area contributed by atoms with Crippen LogP contribution in [0.1, 0.15) is 63.9 Å². The van der Waals surface area contributed by atoms with Gasteiger partial charge in [-0.3, -0.25) is 10.6 Å². The fourth-order valence-electron chi connectivity index (χ4n) is 3.42. The smallest absolute Gasteiger partial charge is 0.138 e. The first-order chi connectivity index (χ1) is 11.3. The molecule has 1 saturated heterocycles. The van der Waals surface area contributed by atoms with Gasteiger partial charge in [-0.15, -0.1) is 0 Å². The van der Waals surface area contributed by atoms with Gasteiger partial charge >= 0.3 is 0 Å². The second kappa shape index (κ2) is 10.6. The van der Waals surface area contributed by atoms with E-state index in [4.69, 9.17) is 0 Å². The molecule has 1 aromatic carbocycles. The molecule has 0 radical (unpaired) electrons. The molecule has 3 heteroatoms. The molecule has 23 heavy (non-hydrogen) atoms. The third-order valence-electron chi connectivity index (χ3n) is 4.78. The van der Waals surface area contributed by atoms with Crippen molar-refractivity contribution in [3.8, 4) is 0 Å². The lowest BCUT2D eigenvalue weighted by molar-refractivity contribution is -0.109. The molecule has 1 aliphatic rings. The monoisotopic (exact) mass is 316 g/mol. The van der Waals surface area contributed by atoms with Gasteiger partial charge in [-0.2, -0.15) is 0 Å². The summed E-state index contributed by atoms with van der Waals surface area (Å²) in [4.78, 5) is 11.3. The van der Waals surface area contributed by atoms with E-state index < -0.39 is 0 Å². The van der Waals surface area contributed by atoms with Crippen molar-refractivity contribution in [3.05, 3.63) is 35.9 Å². The molecule has 3 nitrogen and oxygen atoms in total. The molecular formula is C20H32N2O. The predicted octanol–water partition coefficient (Wildman–Crippen LogP) is 3.82. The van der Waals surface area contributed by atoms with Crippen molar-refractivity contribution >= 4 is 6.29 Å². The largest absolute Gasteiger partial charge is 0.302 e. The number of carbonyl (C=O) groups excluding carboxylic acids is 1. The van der Waals surface area contributed by atoms with Gasteiger partial charge in [0.05, 0.1) is 12.2 Å². The van der Waals surface area contributed by atoms with E-state index in [-0.39, 0.29) is 18.2 Å². The van der Waals surface area contributed by atoms with Gasteiger partial charge in [-0.05, 0) is 18.4 Å². The highest BCUT2D eigenvalue weighted by Crippen LogP contribution is 2.15. The van der Waals surface area contributed by atoms with Gasteiger partial charge in [0.2, 0.25) is 0 Å². The lowest BCUT2D eigenvalue weighted by atomic mass is 10.0. The third kappa shape index (κ3) is 6.44. The molecule has 0 aromatic heterocycles. The third-order valence-corrected chi connectivity index (χ3v) is 4.78. The summed E-state index contributed by atoms with van der Waals surface area (Å²) in [6.07, 6.45) is 12.7. The maximum absolute atomic E-state index is 11.3. The summed E-state index contributed by atoms with van der Waals surface area (Å²) < 4.78 is 0. The second-order valence-corrected chi connectivity index (χ2v) is 6.75. The van der Waals surface area contributed by atoms with Crippen LogP contribution in [0, 0.1) is 0 Å². The van der Waals surface area contributed by atoms with E-state index in [2.05, 4.69) is 41.8 Å². The maximum Gasteiger partial charge on any atom is 0.138 e. The molecule has 128 valence electrons. The zero-order chi connectivity index (χ0) is 16.3. The first kappa shape index (κ1) is 18.2. The Labute approximate surface area is 141 Å². The number of aldehydes is 1. The Kier molecular flexibility index (Phi) is 8.33. The topological polar surface area (TPSA) is 41.1 Å². The molecule has 2 unspecified atom stereocenters. The maximum atomic E-state index is 11.3. The first-order valence-electron chi connectivity index (χ1n) is 9.34. The first-order valence-corrected chi connectivity index (χ1v) is 9.34. The van der Waals surface area contributed by atoms with E-state index in [0.29, 0.717) is 0 Å². The summed E-state index contributed by atoms with van der Waals surface area (Å²) in [5.41, 5.74) is 1.29. The quantitative estimate of drug-likeness (QED) is 0.481. The van der Waals surface area contributed by atoms with Crippen LogP contribution >= 0.6 is 0 Å². The molecule has 0 saturated carbocycles. The van der Waals surface area contributed by atoms with Crippen LogP contribution in [0.3, 0.4) is 0 Å². The highest BCUT2D eigenvalue weighted by atomic mass is 16.1. The number of hydrogen-bond donors (Lipinski definition) is 2. The molecule has 1 aromatic rings. The number of rotatable bonds is 11. The Hall–Kier alpha value is -1.19. The lowest BCUT2D eigenvalue weighted by Gasteiger charge is -2.14. The van der Waals surface area contributed by atoms with Crippen LogP contribution in [0.4, 0.5) is 0 Å². The van der Waals surface area contributed by atoms with Gasteiger partial charge in [0.15, 0.2) is 0 Å². The van der Waals surface area contributed by atoms with Crippen LogP contribution in [0.15, 0.2) is 30.3 Å². The van der Waals surface area contributed by atoms with Crippen molar-refractivity contribution in [1.29, 1.82) is 0 Å². The minimum atomic E-state index is -0.0650. The van der Waals surface area contributed by atoms with E-state index in [1.165, 1.54) is 50.5 Å². The van der Waals surface area contributed by atoms with Crippen molar-refractivity contribution in [2.24, 2.45) is 0 Å². The van der Waals surface area contributed by atoms with Gasteiger partial charge in [0.25, 0.3) is 0 Å². The average molecular weight is 316 g/mol. The van der Waals surface area contributed by atoms with E-state index in [1.54, 1.807) is 0 Å². The number of carbonyl (C=O) groups is 1. The predicted molar refractivity (Wildman–Crippen MR) is 96.5 cm³/mol. The molecular weight excluding hydrogens is 284 g/mol.